The monoisotopic (exact) mass is 590 g/mol. The second-order valence-electron chi connectivity index (χ2n) is 10.7. The number of amides is 2. The van der Waals surface area contributed by atoms with Gasteiger partial charge in [-0.25, -0.2) is 13.8 Å². The van der Waals surface area contributed by atoms with E-state index in [1.54, 1.807) is 49.4 Å². The highest BCUT2D eigenvalue weighted by atomic mass is 32.2. The Bertz CT molecular complexity index is 1510. The van der Waals surface area contributed by atoms with Gasteiger partial charge in [-0.1, -0.05) is 49.1 Å². The summed E-state index contributed by atoms with van der Waals surface area (Å²) in [6, 6.07) is 19.1. The van der Waals surface area contributed by atoms with Crippen molar-refractivity contribution in [3.05, 3.63) is 89.0 Å². The second-order valence-corrected chi connectivity index (χ2v) is 12.5. The molecule has 0 radical (unpaired) electrons. The summed E-state index contributed by atoms with van der Waals surface area (Å²) in [6.45, 7) is 5.05. The number of rotatable bonds is 11. The van der Waals surface area contributed by atoms with Gasteiger partial charge in [0.1, 0.15) is 12.3 Å². The van der Waals surface area contributed by atoms with E-state index in [0.29, 0.717) is 17.0 Å². The lowest BCUT2D eigenvalue weighted by molar-refractivity contribution is -0.124. The van der Waals surface area contributed by atoms with E-state index < -0.39 is 22.5 Å². The Labute approximate surface area is 248 Å². The van der Waals surface area contributed by atoms with E-state index in [1.165, 1.54) is 24.8 Å². The van der Waals surface area contributed by atoms with Crippen LogP contribution in [0.15, 0.2) is 76.7 Å². The predicted molar refractivity (Wildman–Crippen MR) is 164 cm³/mol. The first-order valence-corrected chi connectivity index (χ1v) is 15.6. The van der Waals surface area contributed by atoms with E-state index in [0.717, 1.165) is 46.7 Å². The van der Waals surface area contributed by atoms with Gasteiger partial charge >= 0.3 is 0 Å². The van der Waals surface area contributed by atoms with Crippen molar-refractivity contribution in [3.63, 3.8) is 0 Å². The second kappa shape index (κ2) is 14.1. The molecule has 3 aromatic carbocycles. The minimum absolute atomic E-state index is 0.0532. The molecular formula is C32H38N4O5S. The maximum Gasteiger partial charge on any atom is 0.264 e. The first-order valence-electron chi connectivity index (χ1n) is 14.1. The van der Waals surface area contributed by atoms with Gasteiger partial charge < -0.3 is 10.1 Å². The zero-order valence-corrected chi connectivity index (χ0v) is 25.1. The fourth-order valence-corrected chi connectivity index (χ4v) is 6.26. The van der Waals surface area contributed by atoms with Crippen LogP contribution < -0.4 is 19.8 Å². The van der Waals surface area contributed by atoms with Gasteiger partial charge in [-0.2, -0.15) is 5.10 Å². The highest BCUT2D eigenvalue weighted by Crippen LogP contribution is 2.28. The number of hydrogen-bond acceptors (Lipinski definition) is 6. The van der Waals surface area contributed by atoms with Crippen LogP contribution in [0.1, 0.15) is 54.4 Å². The highest BCUT2D eigenvalue weighted by molar-refractivity contribution is 7.92. The smallest absolute Gasteiger partial charge is 0.264 e. The van der Waals surface area contributed by atoms with Gasteiger partial charge in [-0.15, -0.1) is 0 Å². The number of hydrogen-bond donors (Lipinski definition) is 2. The van der Waals surface area contributed by atoms with Crippen LogP contribution in [0.5, 0.6) is 5.75 Å². The van der Waals surface area contributed by atoms with Crippen LogP contribution in [0.25, 0.3) is 0 Å². The molecule has 10 heteroatoms. The molecule has 1 aliphatic rings. The molecule has 1 saturated carbocycles. The number of carbonyl (C=O) groups excluding carboxylic acids is 2. The first kappa shape index (κ1) is 30.8. The summed E-state index contributed by atoms with van der Waals surface area (Å²) >= 11 is 0. The molecule has 0 saturated heterocycles. The summed E-state index contributed by atoms with van der Waals surface area (Å²) < 4.78 is 34.0. The van der Waals surface area contributed by atoms with Crippen LogP contribution in [0, 0.1) is 20.8 Å². The Morgan fingerprint density at radius 3 is 2.26 bits per heavy atom. The summed E-state index contributed by atoms with van der Waals surface area (Å²) in [4.78, 5) is 25.2. The van der Waals surface area contributed by atoms with Gasteiger partial charge in [-0.05, 0) is 92.8 Å². The van der Waals surface area contributed by atoms with Crippen LogP contribution >= 0.6 is 0 Å². The molecule has 0 aliphatic heterocycles. The number of sulfonamides is 1. The van der Waals surface area contributed by atoms with Crippen molar-refractivity contribution in [1.29, 1.82) is 0 Å². The zero-order valence-electron chi connectivity index (χ0n) is 24.3. The molecule has 0 atom stereocenters. The average Bonchev–Trinajstić information content (AvgIpc) is 2.97. The van der Waals surface area contributed by atoms with Crippen LogP contribution in [0.4, 0.5) is 5.69 Å². The molecule has 0 bridgehead atoms. The minimum Gasteiger partial charge on any atom is -0.484 e. The van der Waals surface area contributed by atoms with Gasteiger partial charge in [0.05, 0.1) is 16.8 Å². The molecule has 0 unspecified atom stereocenters. The standard InChI is InChI=1S/C32H38N4O5S/c1-23-10-17-29(18-11-23)42(39,40)36(30-19-24(2)9-12-25(30)3)21-31(37)35-33-20-26-13-15-28(16-14-26)41-22-32(38)34-27-7-5-4-6-8-27/h9-20,27H,4-8,21-22H2,1-3H3,(H,34,38)(H,35,37)/b33-20+. The Kier molecular flexibility index (Phi) is 10.4. The quantitative estimate of drug-likeness (QED) is 0.246. The third-order valence-corrected chi connectivity index (χ3v) is 8.93. The number of anilines is 1. The van der Waals surface area contributed by atoms with Gasteiger partial charge in [0, 0.05) is 6.04 Å². The number of nitrogens with one attached hydrogen (secondary N) is 2. The molecule has 222 valence electrons. The maximum absolute atomic E-state index is 13.6. The van der Waals surface area contributed by atoms with E-state index in [4.69, 9.17) is 4.74 Å². The molecule has 0 heterocycles. The van der Waals surface area contributed by atoms with Crippen molar-refractivity contribution in [3.8, 4) is 5.75 Å². The molecular weight excluding hydrogens is 552 g/mol. The van der Waals surface area contributed by atoms with E-state index >= 15 is 0 Å². The normalized spacial score (nSPS) is 14.0. The number of nitrogens with zero attached hydrogens (tertiary/aromatic N) is 2. The summed E-state index contributed by atoms with van der Waals surface area (Å²) in [6.07, 6.45) is 7.00. The Balaban J connectivity index is 1.36. The average molecular weight is 591 g/mol. The molecule has 4 rings (SSSR count). The molecule has 1 fully saturated rings. The molecule has 1 aliphatic carbocycles. The van der Waals surface area contributed by atoms with Crippen molar-refractivity contribution in [2.45, 2.75) is 63.8 Å². The number of aryl methyl sites for hydroxylation is 3. The van der Waals surface area contributed by atoms with Gasteiger partial charge in [0.2, 0.25) is 0 Å². The van der Waals surface area contributed by atoms with E-state index in [-0.39, 0.29) is 23.5 Å². The van der Waals surface area contributed by atoms with Crippen molar-refractivity contribution in [2.24, 2.45) is 5.10 Å². The number of ether oxygens (including phenoxy) is 1. The van der Waals surface area contributed by atoms with Crippen molar-refractivity contribution >= 4 is 33.7 Å². The van der Waals surface area contributed by atoms with Crippen LogP contribution in [-0.2, 0) is 19.6 Å². The fourth-order valence-electron chi connectivity index (χ4n) is 4.79. The third-order valence-electron chi connectivity index (χ3n) is 7.15. The third kappa shape index (κ3) is 8.42. The van der Waals surface area contributed by atoms with Crippen LogP contribution in [-0.4, -0.2) is 45.6 Å². The van der Waals surface area contributed by atoms with E-state index in [9.17, 15) is 18.0 Å². The summed E-state index contributed by atoms with van der Waals surface area (Å²) in [5.74, 6) is -0.179. The molecule has 0 aromatic heterocycles. The number of hydrazone groups is 1. The van der Waals surface area contributed by atoms with E-state index in [2.05, 4.69) is 15.8 Å². The molecule has 2 N–H and O–H groups in total. The highest BCUT2D eigenvalue weighted by Gasteiger charge is 2.28. The SMILES string of the molecule is Cc1ccc(S(=O)(=O)N(CC(=O)N/N=C/c2ccc(OCC(=O)NC3CCCCC3)cc2)c2cc(C)ccc2C)cc1. The van der Waals surface area contributed by atoms with E-state index in [1.807, 2.05) is 26.0 Å². The minimum atomic E-state index is -4.03. The fraction of sp³-hybridized carbons (Fsp3) is 0.344. The van der Waals surface area contributed by atoms with Gasteiger partial charge in [0.25, 0.3) is 21.8 Å². The predicted octanol–water partition coefficient (Wildman–Crippen LogP) is 4.79. The summed E-state index contributed by atoms with van der Waals surface area (Å²) in [5, 5.41) is 7.04. The van der Waals surface area contributed by atoms with Crippen molar-refractivity contribution in [2.75, 3.05) is 17.5 Å². The summed E-state index contributed by atoms with van der Waals surface area (Å²) in [5.41, 5.74) is 6.07. The topological polar surface area (TPSA) is 117 Å². The van der Waals surface area contributed by atoms with Gasteiger partial charge in [0.15, 0.2) is 6.61 Å². The Morgan fingerprint density at radius 2 is 1.57 bits per heavy atom. The lowest BCUT2D eigenvalue weighted by Crippen LogP contribution is -2.40. The molecule has 9 nitrogen and oxygen atoms in total. The lowest BCUT2D eigenvalue weighted by Gasteiger charge is -2.25. The first-order chi connectivity index (χ1) is 20.1. The van der Waals surface area contributed by atoms with Gasteiger partial charge in [-0.3, -0.25) is 13.9 Å². The van der Waals surface area contributed by atoms with Crippen LogP contribution in [0.2, 0.25) is 0 Å². The largest absolute Gasteiger partial charge is 0.484 e. The van der Waals surface area contributed by atoms with Crippen molar-refractivity contribution in [1.82, 2.24) is 10.7 Å². The molecule has 3 aromatic rings. The summed E-state index contributed by atoms with van der Waals surface area (Å²) in [7, 11) is -4.03. The van der Waals surface area contributed by atoms with Crippen molar-refractivity contribution < 1.29 is 22.7 Å². The zero-order chi connectivity index (χ0) is 30.1. The van der Waals surface area contributed by atoms with Crippen LogP contribution in [0.3, 0.4) is 0 Å². The lowest BCUT2D eigenvalue weighted by atomic mass is 9.95. The number of carbonyl (C=O) groups is 2. The number of benzene rings is 3. The molecule has 0 spiro atoms. The molecule has 42 heavy (non-hydrogen) atoms. The molecule has 2 amide bonds. The Hall–Kier alpha value is -4.18. The Morgan fingerprint density at radius 1 is 0.905 bits per heavy atom. The maximum atomic E-state index is 13.6.